The molecular weight excluding hydrogens is 393 g/mol. The van der Waals surface area contributed by atoms with Crippen LogP contribution in [0.3, 0.4) is 0 Å². The summed E-state index contributed by atoms with van der Waals surface area (Å²) in [5.41, 5.74) is 0. The van der Waals surface area contributed by atoms with E-state index in [1.165, 1.54) is 0 Å². The number of hydrogen-bond donors (Lipinski definition) is 1. The van der Waals surface area contributed by atoms with Gasteiger partial charge in [-0.05, 0) is 12.1 Å². The van der Waals surface area contributed by atoms with Gasteiger partial charge in [-0.2, -0.15) is 11.8 Å². The minimum atomic E-state index is 0. The van der Waals surface area contributed by atoms with Crippen LogP contribution in [0.2, 0.25) is 0 Å². The van der Waals surface area contributed by atoms with E-state index in [4.69, 9.17) is 4.74 Å². The zero-order valence-electron chi connectivity index (χ0n) is 15.0. The molecule has 0 aliphatic carbocycles. The lowest BCUT2D eigenvalue weighted by atomic mass is 10.2. The van der Waals surface area contributed by atoms with Gasteiger partial charge in [0.2, 0.25) is 5.91 Å². The van der Waals surface area contributed by atoms with Crippen LogP contribution in [0.5, 0.6) is 5.75 Å². The SMILES string of the molecule is Cl.Cl.O=C(CC1CSCCN1)N1CCN(CCOc2ccccc2)CC1. The second kappa shape index (κ2) is 12.7. The van der Waals surface area contributed by atoms with E-state index < -0.39 is 0 Å². The summed E-state index contributed by atoms with van der Waals surface area (Å²) in [6, 6.07) is 10.3. The predicted molar refractivity (Wildman–Crippen MR) is 113 cm³/mol. The summed E-state index contributed by atoms with van der Waals surface area (Å²) < 4.78 is 5.75. The number of benzene rings is 1. The lowest BCUT2D eigenvalue weighted by molar-refractivity contribution is -0.133. The van der Waals surface area contributed by atoms with Gasteiger partial charge < -0.3 is 15.0 Å². The van der Waals surface area contributed by atoms with Crippen LogP contribution in [0.4, 0.5) is 0 Å². The quantitative estimate of drug-likeness (QED) is 0.761. The molecule has 0 radical (unpaired) electrons. The average molecular weight is 422 g/mol. The molecule has 2 fully saturated rings. The monoisotopic (exact) mass is 421 g/mol. The van der Waals surface area contributed by atoms with Crippen LogP contribution >= 0.6 is 36.6 Å². The number of nitrogens with one attached hydrogen (secondary N) is 1. The van der Waals surface area contributed by atoms with Gasteiger partial charge in [-0.1, -0.05) is 18.2 Å². The molecule has 0 saturated carbocycles. The van der Waals surface area contributed by atoms with Crippen LogP contribution in [-0.2, 0) is 4.79 Å². The van der Waals surface area contributed by atoms with Crippen molar-refractivity contribution in [3.63, 3.8) is 0 Å². The fourth-order valence-corrected chi connectivity index (χ4v) is 4.07. The first kappa shape index (κ1) is 23.4. The van der Waals surface area contributed by atoms with Crippen molar-refractivity contribution in [2.75, 3.05) is 57.4 Å². The molecule has 5 nitrogen and oxygen atoms in total. The number of halogens is 2. The van der Waals surface area contributed by atoms with Gasteiger partial charge in [-0.3, -0.25) is 9.69 Å². The molecule has 26 heavy (non-hydrogen) atoms. The molecule has 2 heterocycles. The summed E-state index contributed by atoms with van der Waals surface area (Å²) in [6.45, 7) is 6.19. The molecule has 0 spiro atoms. The number of carbonyl (C=O) groups is 1. The van der Waals surface area contributed by atoms with Crippen LogP contribution in [0.15, 0.2) is 30.3 Å². The van der Waals surface area contributed by atoms with E-state index in [0.29, 0.717) is 25.0 Å². The summed E-state index contributed by atoms with van der Waals surface area (Å²) in [5, 5.41) is 3.45. The van der Waals surface area contributed by atoms with Gasteiger partial charge in [-0.25, -0.2) is 0 Å². The third-order valence-corrected chi connectivity index (χ3v) is 5.69. The summed E-state index contributed by atoms with van der Waals surface area (Å²) in [5.74, 6) is 3.44. The summed E-state index contributed by atoms with van der Waals surface area (Å²) in [6.07, 6.45) is 0.643. The van der Waals surface area contributed by atoms with E-state index in [2.05, 4.69) is 10.2 Å². The molecule has 8 heteroatoms. The van der Waals surface area contributed by atoms with Crippen molar-refractivity contribution in [1.82, 2.24) is 15.1 Å². The highest BCUT2D eigenvalue weighted by Gasteiger charge is 2.24. The van der Waals surface area contributed by atoms with E-state index in [0.717, 1.165) is 56.5 Å². The Labute approximate surface area is 173 Å². The largest absolute Gasteiger partial charge is 0.492 e. The molecule has 1 N–H and O–H groups in total. The number of thioether (sulfide) groups is 1. The normalized spacial score (nSPS) is 20.6. The van der Waals surface area contributed by atoms with Crippen LogP contribution in [0.1, 0.15) is 6.42 Å². The topological polar surface area (TPSA) is 44.8 Å². The van der Waals surface area contributed by atoms with Crippen LogP contribution in [-0.4, -0.2) is 79.1 Å². The van der Waals surface area contributed by atoms with Crippen molar-refractivity contribution >= 4 is 42.5 Å². The predicted octanol–water partition coefficient (Wildman–Crippen LogP) is 2.15. The molecule has 1 aromatic rings. The molecule has 1 amide bonds. The molecule has 1 unspecified atom stereocenters. The van der Waals surface area contributed by atoms with Gasteiger partial charge in [0.25, 0.3) is 0 Å². The smallest absolute Gasteiger partial charge is 0.224 e. The van der Waals surface area contributed by atoms with Crippen LogP contribution in [0, 0.1) is 0 Å². The number of amides is 1. The molecular formula is C18H29Cl2N3O2S. The van der Waals surface area contributed by atoms with Gasteiger partial charge in [0.1, 0.15) is 12.4 Å². The maximum Gasteiger partial charge on any atom is 0.224 e. The Kier molecular flexibility index (Phi) is 11.4. The van der Waals surface area contributed by atoms with E-state index in [1.807, 2.05) is 47.0 Å². The number of nitrogens with zero attached hydrogens (tertiary/aromatic N) is 2. The molecule has 2 aliphatic rings. The van der Waals surface area contributed by atoms with Crippen molar-refractivity contribution in [3.8, 4) is 5.75 Å². The molecule has 2 saturated heterocycles. The van der Waals surface area contributed by atoms with Crippen LogP contribution < -0.4 is 10.1 Å². The molecule has 0 aromatic heterocycles. The number of piperazine rings is 1. The maximum atomic E-state index is 12.4. The first-order valence-electron chi connectivity index (χ1n) is 8.80. The molecule has 1 aromatic carbocycles. The third kappa shape index (κ3) is 7.53. The zero-order chi connectivity index (χ0) is 16.6. The summed E-state index contributed by atoms with van der Waals surface area (Å²) in [7, 11) is 0. The number of hydrogen-bond acceptors (Lipinski definition) is 5. The average Bonchev–Trinajstić information content (AvgIpc) is 2.64. The van der Waals surface area contributed by atoms with Crippen molar-refractivity contribution in [2.24, 2.45) is 0 Å². The van der Waals surface area contributed by atoms with Crippen molar-refractivity contribution < 1.29 is 9.53 Å². The Morgan fingerprint density at radius 1 is 1.15 bits per heavy atom. The van der Waals surface area contributed by atoms with E-state index in [1.54, 1.807) is 0 Å². The van der Waals surface area contributed by atoms with Gasteiger partial charge in [0.05, 0.1) is 0 Å². The van der Waals surface area contributed by atoms with Crippen molar-refractivity contribution in [3.05, 3.63) is 30.3 Å². The van der Waals surface area contributed by atoms with Crippen LogP contribution in [0.25, 0.3) is 0 Å². The second-order valence-corrected chi connectivity index (χ2v) is 7.46. The highest BCUT2D eigenvalue weighted by molar-refractivity contribution is 7.99. The minimum absolute atomic E-state index is 0. The highest BCUT2D eigenvalue weighted by atomic mass is 35.5. The molecule has 3 rings (SSSR count). The number of para-hydroxylation sites is 1. The third-order valence-electron chi connectivity index (χ3n) is 4.56. The van der Waals surface area contributed by atoms with E-state index >= 15 is 0 Å². The summed E-state index contributed by atoms with van der Waals surface area (Å²) in [4.78, 5) is 16.8. The molecule has 148 valence electrons. The highest BCUT2D eigenvalue weighted by Crippen LogP contribution is 2.13. The van der Waals surface area contributed by atoms with Crippen molar-refractivity contribution in [2.45, 2.75) is 12.5 Å². The van der Waals surface area contributed by atoms with E-state index in [9.17, 15) is 4.79 Å². The lowest BCUT2D eigenvalue weighted by Gasteiger charge is -2.35. The molecule has 0 bridgehead atoms. The van der Waals surface area contributed by atoms with E-state index in [-0.39, 0.29) is 24.8 Å². The fourth-order valence-electron chi connectivity index (χ4n) is 3.12. The first-order chi connectivity index (χ1) is 11.8. The standard InChI is InChI=1S/C18H27N3O2S.2ClH/c22-18(14-16-15-24-13-6-19-16)21-9-7-20(8-10-21)11-12-23-17-4-2-1-3-5-17;;/h1-5,16,19H,6-15H2;2*1H. The minimum Gasteiger partial charge on any atom is -0.492 e. The number of rotatable bonds is 6. The Morgan fingerprint density at radius 3 is 2.54 bits per heavy atom. The van der Waals surface area contributed by atoms with Gasteiger partial charge >= 0.3 is 0 Å². The fraction of sp³-hybridized carbons (Fsp3) is 0.611. The Bertz CT molecular complexity index is 510. The van der Waals surface area contributed by atoms with Gasteiger partial charge in [-0.15, -0.1) is 24.8 Å². The molecule has 1 atom stereocenters. The number of carbonyl (C=O) groups excluding carboxylic acids is 1. The Balaban J connectivity index is 0.00000169. The van der Waals surface area contributed by atoms with Gasteiger partial charge in [0, 0.05) is 63.2 Å². The van der Waals surface area contributed by atoms with Gasteiger partial charge in [0.15, 0.2) is 0 Å². The molecule has 2 aliphatic heterocycles. The zero-order valence-corrected chi connectivity index (χ0v) is 17.4. The Hall–Kier alpha value is -0.660. The number of ether oxygens (including phenoxy) is 1. The maximum absolute atomic E-state index is 12.4. The van der Waals surface area contributed by atoms with Crippen molar-refractivity contribution in [1.29, 1.82) is 0 Å². The Morgan fingerprint density at radius 2 is 1.88 bits per heavy atom. The second-order valence-electron chi connectivity index (χ2n) is 6.31. The lowest BCUT2D eigenvalue weighted by Crippen LogP contribution is -2.51. The summed E-state index contributed by atoms with van der Waals surface area (Å²) >= 11 is 1.94. The first-order valence-corrected chi connectivity index (χ1v) is 9.96.